The number of rotatable bonds is 3. The smallest absolute Gasteiger partial charge is 0.0704 e. The monoisotopic (exact) mass is 261 g/mol. The number of hydrogen-bond acceptors (Lipinski definition) is 3. The molecule has 0 amide bonds. The van der Waals surface area contributed by atoms with Crippen molar-refractivity contribution in [3.8, 4) is 5.69 Å². The second-order valence-electron chi connectivity index (χ2n) is 4.37. The molecule has 0 bridgehead atoms. The molecular weight excluding hydrogens is 242 g/mol. The zero-order valence-corrected chi connectivity index (χ0v) is 12.1. The molecule has 1 aromatic heterocycles. The summed E-state index contributed by atoms with van der Waals surface area (Å²) in [6, 6.07) is 6.25. The van der Waals surface area contributed by atoms with Gasteiger partial charge in [-0.15, -0.1) is 11.8 Å². The van der Waals surface area contributed by atoms with Crippen LogP contribution in [0.2, 0.25) is 0 Å². The molecule has 0 spiro atoms. The molecule has 4 heteroatoms. The third-order valence-corrected chi connectivity index (χ3v) is 4.24. The molecule has 18 heavy (non-hydrogen) atoms. The van der Waals surface area contributed by atoms with Crippen LogP contribution < -0.4 is 5.73 Å². The van der Waals surface area contributed by atoms with E-state index in [9.17, 15) is 0 Å². The van der Waals surface area contributed by atoms with Gasteiger partial charge in [-0.2, -0.15) is 5.10 Å². The Morgan fingerprint density at radius 1 is 1.28 bits per heavy atom. The molecule has 0 aliphatic carbocycles. The molecule has 1 heterocycles. The second-order valence-corrected chi connectivity index (χ2v) is 5.22. The Labute approximate surface area is 112 Å². The lowest BCUT2D eigenvalue weighted by Crippen LogP contribution is -2.08. The lowest BCUT2D eigenvalue weighted by atomic mass is 10.1. The van der Waals surface area contributed by atoms with Gasteiger partial charge in [0, 0.05) is 22.7 Å². The number of aromatic nitrogens is 2. The molecule has 96 valence electrons. The van der Waals surface area contributed by atoms with Crippen molar-refractivity contribution in [2.75, 3.05) is 6.26 Å². The van der Waals surface area contributed by atoms with Gasteiger partial charge in [0.25, 0.3) is 0 Å². The maximum Gasteiger partial charge on any atom is 0.0704 e. The molecule has 2 aromatic rings. The van der Waals surface area contributed by atoms with Crippen molar-refractivity contribution < 1.29 is 0 Å². The van der Waals surface area contributed by atoms with E-state index in [0.29, 0.717) is 6.54 Å². The van der Waals surface area contributed by atoms with Crippen molar-refractivity contribution in [3.63, 3.8) is 0 Å². The van der Waals surface area contributed by atoms with Crippen molar-refractivity contribution in [2.24, 2.45) is 5.73 Å². The summed E-state index contributed by atoms with van der Waals surface area (Å²) in [5.74, 6) is 0. The summed E-state index contributed by atoms with van der Waals surface area (Å²) < 4.78 is 2.01. The molecule has 0 unspecified atom stereocenters. The molecule has 2 rings (SSSR count). The Morgan fingerprint density at radius 2 is 2.00 bits per heavy atom. The van der Waals surface area contributed by atoms with E-state index in [1.54, 1.807) is 11.8 Å². The minimum atomic E-state index is 0.531. The van der Waals surface area contributed by atoms with Crippen LogP contribution >= 0.6 is 11.8 Å². The van der Waals surface area contributed by atoms with Crippen molar-refractivity contribution in [1.82, 2.24) is 9.78 Å². The second kappa shape index (κ2) is 5.16. The van der Waals surface area contributed by atoms with E-state index < -0.39 is 0 Å². The first-order chi connectivity index (χ1) is 8.60. The molecule has 0 fully saturated rings. The predicted molar refractivity (Wildman–Crippen MR) is 77.4 cm³/mol. The fraction of sp³-hybridized carbons (Fsp3) is 0.357. The van der Waals surface area contributed by atoms with Gasteiger partial charge in [-0.1, -0.05) is 6.07 Å². The van der Waals surface area contributed by atoms with Crippen molar-refractivity contribution in [2.45, 2.75) is 32.2 Å². The highest BCUT2D eigenvalue weighted by Gasteiger charge is 2.13. The van der Waals surface area contributed by atoms with E-state index in [4.69, 9.17) is 5.73 Å². The Kier molecular flexibility index (Phi) is 3.78. The summed E-state index contributed by atoms with van der Waals surface area (Å²) >= 11 is 1.72. The number of hydrogen-bond donors (Lipinski definition) is 1. The van der Waals surface area contributed by atoms with Crippen LogP contribution in [0.5, 0.6) is 0 Å². The number of nitrogens with two attached hydrogens (primary N) is 1. The Balaban J connectivity index is 2.67. The quantitative estimate of drug-likeness (QED) is 0.864. The molecule has 0 aliphatic rings. The average Bonchev–Trinajstić information content (AvgIpc) is 2.65. The highest BCUT2D eigenvalue weighted by molar-refractivity contribution is 7.98. The summed E-state index contributed by atoms with van der Waals surface area (Å²) in [5.41, 5.74) is 11.7. The average molecular weight is 261 g/mol. The largest absolute Gasteiger partial charge is 0.326 e. The van der Waals surface area contributed by atoms with E-state index in [2.05, 4.69) is 43.4 Å². The van der Waals surface area contributed by atoms with E-state index in [1.807, 2.05) is 11.6 Å². The van der Waals surface area contributed by atoms with Crippen molar-refractivity contribution >= 4 is 11.8 Å². The third kappa shape index (κ3) is 2.06. The number of aryl methyl sites for hydroxylation is 1. The highest BCUT2D eigenvalue weighted by atomic mass is 32.2. The zero-order valence-electron chi connectivity index (χ0n) is 11.3. The number of nitrogens with zero attached hydrogens (tertiary/aromatic N) is 2. The van der Waals surface area contributed by atoms with Gasteiger partial charge >= 0.3 is 0 Å². The van der Waals surface area contributed by atoms with Crippen LogP contribution in [0.25, 0.3) is 5.69 Å². The number of benzene rings is 1. The Bertz CT molecular complexity index is 573. The standard InChI is InChI=1S/C14H19N3S/c1-9-10(2)16-17(11(9)3)13-6-5-7-14(18-4)12(13)8-15/h5-7H,8,15H2,1-4H3. The molecular formula is C14H19N3S. The van der Waals surface area contributed by atoms with Crippen LogP contribution in [0, 0.1) is 20.8 Å². The van der Waals surface area contributed by atoms with Crippen molar-refractivity contribution in [3.05, 3.63) is 40.7 Å². The topological polar surface area (TPSA) is 43.8 Å². The van der Waals surface area contributed by atoms with Crippen molar-refractivity contribution in [1.29, 1.82) is 0 Å². The zero-order chi connectivity index (χ0) is 13.3. The van der Waals surface area contributed by atoms with Crippen LogP contribution in [0.3, 0.4) is 0 Å². The van der Waals surface area contributed by atoms with Crippen LogP contribution in [-0.2, 0) is 6.54 Å². The molecule has 0 saturated carbocycles. The summed E-state index contributed by atoms with van der Waals surface area (Å²) in [6.45, 7) is 6.78. The fourth-order valence-electron chi connectivity index (χ4n) is 2.10. The Morgan fingerprint density at radius 3 is 2.50 bits per heavy atom. The maximum atomic E-state index is 5.90. The van der Waals surface area contributed by atoms with Gasteiger partial charge in [0.1, 0.15) is 0 Å². The first-order valence-electron chi connectivity index (χ1n) is 5.99. The predicted octanol–water partition coefficient (Wildman–Crippen LogP) is 2.98. The molecule has 0 radical (unpaired) electrons. The summed E-state index contributed by atoms with van der Waals surface area (Å²) in [6.07, 6.45) is 2.07. The first-order valence-corrected chi connectivity index (χ1v) is 7.21. The van der Waals surface area contributed by atoms with Gasteiger partial charge < -0.3 is 5.73 Å². The van der Waals surface area contributed by atoms with Gasteiger partial charge in [-0.3, -0.25) is 0 Å². The van der Waals surface area contributed by atoms with E-state index in [0.717, 1.165) is 16.9 Å². The molecule has 0 atom stereocenters. The van der Waals surface area contributed by atoms with E-state index >= 15 is 0 Å². The van der Waals surface area contributed by atoms with Gasteiger partial charge in [0.15, 0.2) is 0 Å². The lowest BCUT2D eigenvalue weighted by molar-refractivity contribution is 0.810. The lowest BCUT2D eigenvalue weighted by Gasteiger charge is -2.13. The molecule has 1 aromatic carbocycles. The maximum absolute atomic E-state index is 5.90. The molecule has 3 nitrogen and oxygen atoms in total. The van der Waals surface area contributed by atoms with Crippen LogP contribution in [-0.4, -0.2) is 16.0 Å². The SMILES string of the molecule is CSc1cccc(-n2nc(C)c(C)c2C)c1CN. The first kappa shape index (κ1) is 13.2. The van der Waals surface area contributed by atoms with Gasteiger partial charge in [-0.25, -0.2) is 4.68 Å². The highest BCUT2D eigenvalue weighted by Crippen LogP contribution is 2.27. The van der Waals surface area contributed by atoms with E-state index in [-0.39, 0.29) is 0 Å². The minimum absolute atomic E-state index is 0.531. The summed E-state index contributed by atoms with van der Waals surface area (Å²) in [5, 5.41) is 4.62. The fourth-order valence-corrected chi connectivity index (χ4v) is 2.75. The molecule has 0 aliphatic heterocycles. The summed E-state index contributed by atoms with van der Waals surface area (Å²) in [4.78, 5) is 1.22. The van der Waals surface area contributed by atoms with Crippen LogP contribution in [0.1, 0.15) is 22.5 Å². The van der Waals surface area contributed by atoms with Crippen LogP contribution in [0.15, 0.2) is 23.1 Å². The molecule has 2 N–H and O–H groups in total. The molecule has 0 saturated heterocycles. The third-order valence-electron chi connectivity index (χ3n) is 3.41. The van der Waals surface area contributed by atoms with Gasteiger partial charge in [-0.05, 0) is 44.7 Å². The normalized spacial score (nSPS) is 10.9. The van der Waals surface area contributed by atoms with Gasteiger partial charge in [0.2, 0.25) is 0 Å². The Hall–Kier alpha value is -1.26. The van der Waals surface area contributed by atoms with Crippen LogP contribution in [0.4, 0.5) is 0 Å². The number of thioether (sulfide) groups is 1. The minimum Gasteiger partial charge on any atom is -0.326 e. The summed E-state index contributed by atoms with van der Waals surface area (Å²) in [7, 11) is 0. The van der Waals surface area contributed by atoms with Gasteiger partial charge in [0.05, 0.1) is 11.4 Å². The van der Waals surface area contributed by atoms with E-state index in [1.165, 1.54) is 16.2 Å².